The highest BCUT2D eigenvalue weighted by molar-refractivity contribution is 5.92. The second-order valence-corrected chi connectivity index (χ2v) is 5.45. The van der Waals surface area contributed by atoms with Crippen LogP contribution in [0.25, 0.3) is 10.9 Å². The van der Waals surface area contributed by atoms with Crippen molar-refractivity contribution in [2.45, 2.75) is 13.3 Å². The van der Waals surface area contributed by atoms with E-state index in [0.717, 1.165) is 6.42 Å². The molecule has 0 aliphatic rings. The van der Waals surface area contributed by atoms with Gasteiger partial charge in [-0.1, -0.05) is 18.2 Å². The van der Waals surface area contributed by atoms with Crippen molar-refractivity contribution < 1.29 is 4.79 Å². The molecule has 0 aliphatic carbocycles. The number of carbonyl (C=O) groups excluding carboxylic acids is 1. The molecule has 0 saturated heterocycles. The molecule has 23 heavy (non-hydrogen) atoms. The number of nitrogens with one attached hydrogen (secondary N) is 2. The highest BCUT2D eigenvalue weighted by Gasteiger charge is 2.12. The third-order valence-electron chi connectivity index (χ3n) is 4.10. The van der Waals surface area contributed by atoms with Crippen molar-refractivity contribution in [1.29, 1.82) is 0 Å². The third-order valence-corrected chi connectivity index (χ3v) is 4.10. The summed E-state index contributed by atoms with van der Waals surface area (Å²) in [4.78, 5) is 23.0. The van der Waals surface area contributed by atoms with E-state index in [-0.39, 0.29) is 17.2 Å². The number of carbonyl (C=O) groups is 1. The van der Waals surface area contributed by atoms with Gasteiger partial charge in [0.2, 0.25) is 0 Å². The van der Waals surface area contributed by atoms with Crippen molar-refractivity contribution >= 4 is 16.8 Å². The van der Waals surface area contributed by atoms with Gasteiger partial charge in [-0.3, -0.25) is 9.59 Å². The molecule has 2 heterocycles. The van der Waals surface area contributed by atoms with Crippen LogP contribution in [0, 0.1) is 6.92 Å². The SMILES string of the molecule is Cc1c(CCNC(=O)c2ccc(=O)[nH]n2)c2ccccc2n1C. The summed E-state index contributed by atoms with van der Waals surface area (Å²) in [5.74, 6) is -0.292. The number of hydrogen-bond acceptors (Lipinski definition) is 3. The van der Waals surface area contributed by atoms with E-state index in [0.29, 0.717) is 6.54 Å². The van der Waals surface area contributed by atoms with Crippen LogP contribution in [-0.2, 0) is 13.5 Å². The molecule has 0 unspecified atom stereocenters. The van der Waals surface area contributed by atoms with Gasteiger partial charge in [-0.05, 0) is 31.0 Å². The van der Waals surface area contributed by atoms with Crippen molar-refractivity contribution in [2.24, 2.45) is 7.05 Å². The monoisotopic (exact) mass is 310 g/mol. The minimum atomic E-state index is -0.326. The maximum Gasteiger partial charge on any atom is 0.271 e. The van der Waals surface area contributed by atoms with Crippen LogP contribution in [0.15, 0.2) is 41.2 Å². The van der Waals surface area contributed by atoms with Crippen molar-refractivity contribution in [1.82, 2.24) is 20.1 Å². The molecule has 2 aromatic heterocycles. The van der Waals surface area contributed by atoms with Crippen LogP contribution in [0.2, 0.25) is 0 Å². The van der Waals surface area contributed by atoms with Crippen LogP contribution in [-0.4, -0.2) is 27.2 Å². The van der Waals surface area contributed by atoms with Gasteiger partial charge in [-0.2, -0.15) is 5.10 Å². The molecule has 3 rings (SSSR count). The molecule has 6 nitrogen and oxygen atoms in total. The summed E-state index contributed by atoms with van der Waals surface area (Å²) >= 11 is 0. The van der Waals surface area contributed by atoms with E-state index < -0.39 is 0 Å². The molecule has 0 bridgehead atoms. The lowest BCUT2D eigenvalue weighted by Gasteiger charge is -2.05. The number of hydrogen-bond donors (Lipinski definition) is 2. The molecule has 6 heteroatoms. The second-order valence-electron chi connectivity index (χ2n) is 5.45. The summed E-state index contributed by atoms with van der Waals surface area (Å²) in [5, 5.41) is 10.0. The van der Waals surface area contributed by atoms with E-state index in [4.69, 9.17) is 0 Å². The van der Waals surface area contributed by atoms with Gasteiger partial charge >= 0.3 is 0 Å². The van der Waals surface area contributed by atoms with Crippen molar-refractivity contribution in [2.75, 3.05) is 6.54 Å². The number of aryl methyl sites for hydroxylation is 1. The average Bonchev–Trinajstić information content (AvgIpc) is 2.81. The number of amides is 1. The number of aromatic amines is 1. The Morgan fingerprint density at radius 3 is 2.78 bits per heavy atom. The Balaban J connectivity index is 1.72. The Labute approximate surface area is 133 Å². The molecule has 0 fully saturated rings. The molecular weight excluding hydrogens is 292 g/mol. The smallest absolute Gasteiger partial charge is 0.271 e. The molecule has 1 aromatic carbocycles. The van der Waals surface area contributed by atoms with Crippen molar-refractivity contribution in [3.63, 3.8) is 0 Å². The van der Waals surface area contributed by atoms with Crippen LogP contribution >= 0.6 is 0 Å². The molecule has 0 spiro atoms. The number of fused-ring (bicyclic) bond motifs is 1. The van der Waals surface area contributed by atoms with Crippen molar-refractivity contribution in [3.05, 3.63) is 63.7 Å². The van der Waals surface area contributed by atoms with Gasteiger partial charge in [0.15, 0.2) is 0 Å². The van der Waals surface area contributed by atoms with Gasteiger partial charge in [-0.15, -0.1) is 0 Å². The van der Waals surface area contributed by atoms with E-state index in [2.05, 4.69) is 39.1 Å². The summed E-state index contributed by atoms with van der Waals surface area (Å²) in [7, 11) is 2.05. The number of para-hydroxylation sites is 1. The Morgan fingerprint density at radius 2 is 2.04 bits per heavy atom. The fourth-order valence-corrected chi connectivity index (χ4v) is 2.78. The Hall–Kier alpha value is -2.89. The lowest BCUT2D eigenvalue weighted by molar-refractivity contribution is 0.0948. The maximum atomic E-state index is 12.0. The Morgan fingerprint density at radius 1 is 1.26 bits per heavy atom. The fraction of sp³-hybridized carbons (Fsp3) is 0.235. The van der Waals surface area contributed by atoms with Gasteiger partial charge in [0.1, 0.15) is 5.69 Å². The zero-order valence-electron chi connectivity index (χ0n) is 13.1. The summed E-state index contributed by atoms with van der Waals surface area (Å²) in [5.41, 5.74) is 3.50. The topological polar surface area (TPSA) is 79.8 Å². The van der Waals surface area contributed by atoms with Crippen LogP contribution in [0.4, 0.5) is 0 Å². The first-order valence-electron chi connectivity index (χ1n) is 7.45. The molecule has 118 valence electrons. The predicted octanol–water partition coefficient (Wildman–Crippen LogP) is 1.54. The predicted molar refractivity (Wildman–Crippen MR) is 88.6 cm³/mol. The van der Waals surface area contributed by atoms with Gasteiger partial charge in [-0.25, -0.2) is 5.10 Å². The van der Waals surface area contributed by atoms with Crippen molar-refractivity contribution in [3.8, 4) is 0 Å². The van der Waals surface area contributed by atoms with Crippen LogP contribution in [0.1, 0.15) is 21.7 Å². The molecule has 2 N–H and O–H groups in total. The van der Waals surface area contributed by atoms with Crippen LogP contribution in [0.3, 0.4) is 0 Å². The van der Waals surface area contributed by atoms with Gasteiger partial charge in [0.05, 0.1) is 0 Å². The highest BCUT2D eigenvalue weighted by atomic mass is 16.2. The lowest BCUT2D eigenvalue weighted by Crippen LogP contribution is -2.27. The first kappa shape index (κ1) is 15.0. The Bertz CT molecular complexity index is 903. The molecule has 0 radical (unpaired) electrons. The van der Waals surface area contributed by atoms with E-state index >= 15 is 0 Å². The van der Waals surface area contributed by atoms with E-state index in [1.165, 1.54) is 34.3 Å². The quantitative estimate of drug-likeness (QED) is 0.767. The van der Waals surface area contributed by atoms with E-state index in [1.54, 1.807) is 0 Å². The van der Waals surface area contributed by atoms with Gasteiger partial charge in [0, 0.05) is 36.3 Å². The summed E-state index contributed by atoms with van der Waals surface area (Å²) in [6.07, 6.45) is 0.738. The van der Waals surface area contributed by atoms with Gasteiger partial charge in [0.25, 0.3) is 11.5 Å². The minimum Gasteiger partial charge on any atom is -0.350 e. The fourth-order valence-electron chi connectivity index (χ4n) is 2.78. The number of rotatable bonds is 4. The zero-order valence-corrected chi connectivity index (χ0v) is 13.1. The first-order chi connectivity index (χ1) is 11.1. The summed E-state index contributed by atoms with van der Waals surface area (Å²) in [6, 6.07) is 10.9. The van der Waals surface area contributed by atoms with E-state index in [1.807, 2.05) is 19.2 Å². The van der Waals surface area contributed by atoms with E-state index in [9.17, 15) is 9.59 Å². The maximum absolute atomic E-state index is 12.0. The highest BCUT2D eigenvalue weighted by Crippen LogP contribution is 2.24. The number of nitrogens with zero attached hydrogens (tertiary/aromatic N) is 2. The lowest BCUT2D eigenvalue weighted by atomic mass is 10.1. The second kappa shape index (κ2) is 6.08. The number of benzene rings is 1. The molecule has 3 aromatic rings. The number of H-pyrrole nitrogens is 1. The van der Waals surface area contributed by atoms with Crippen LogP contribution in [0.5, 0.6) is 0 Å². The number of aromatic nitrogens is 3. The van der Waals surface area contributed by atoms with Crippen LogP contribution < -0.4 is 10.9 Å². The molecule has 0 atom stereocenters. The molecule has 0 aliphatic heterocycles. The summed E-state index contributed by atoms with van der Waals surface area (Å²) in [6.45, 7) is 2.59. The molecule has 1 amide bonds. The first-order valence-corrected chi connectivity index (χ1v) is 7.45. The largest absolute Gasteiger partial charge is 0.350 e. The zero-order chi connectivity index (χ0) is 16.4. The standard InChI is InChI=1S/C17H18N4O2/c1-11-12(13-5-3-4-6-15(13)21(11)2)9-10-18-17(23)14-7-8-16(22)20-19-14/h3-8H,9-10H2,1-2H3,(H,18,23)(H,20,22). The van der Waals surface area contributed by atoms with Gasteiger partial charge < -0.3 is 9.88 Å². The minimum absolute atomic E-state index is 0.208. The molecular formula is C17H18N4O2. The summed E-state index contributed by atoms with van der Waals surface area (Å²) < 4.78 is 2.16. The third kappa shape index (κ3) is 2.88. The normalized spacial score (nSPS) is 10.9. The molecule has 0 saturated carbocycles. The average molecular weight is 310 g/mol. The Kier molecular flexibility index (Phi) is 3.97.